The fourth-order valence-corrected chi connectivity index (χ4v) is 4.99. The summed E-state index contributed by atoms with van der Waals surface area (Å²) in [4.78, 5) is 22.8. The lowest BCUT2D eigenvalue weighted by Gasteiger charge is -2.56. The average Bonchev–Trinajstić information content (AvgIpc) is 2.25. The summed E-state index contributed by atoms with van der Waals surface area (Å²) in [7, 11) is 0. The average molecular weight is 237 g/mol. The van der Waals surface area contributed by atoms with E-state index in [9.17, 15) is 9.59 Å². The van der Waals surface area contributed by atoms with E-state index in [4.69, 9.17) is 5.21 Å². The first kappa shape index (κ1) is 11.2. The van der Waals surface area contributed by atoms with Gasteiger partial charge in [0.15, 0.2) is 0 Å². The fourth-order valence-electron chi connectivity index (χ4n) is 4.99. The third-order valence-corrected chi connectivity index (χ3v) is 5.06. The van der Waals surface area contributed by atoms with Crippen LogP contribution in [0.5, 0.6) is 0 Å². The Morgan fingerprint density at radius 3 is 1.94 bits per heavy atom. The predicted molar refractivity (Wildman–Crippen MR) is 60.2 cm³/mol. The predicted octanol–water partition coefficient (Wildman–Crippen LogP) is 1.67. The lowest BCUT2D eigenvalue weighted by molar-refractivity contribution is -0.147. The van der Waals surface area contributed by atoms with Crippen LogP contribution in [-0.4, -0.2) is 16.9 Å². The van der Waals surface area contributed by atoms with Gasteiger partial charge in [-0.05, 0) is 61.7 Å². The summed E-state index contributed by atoms with van der Waals surface area (Å²) in [5, 5.41) is 8.50. The van der Waals surface area contributed by atoms with Crippen molar-refractivity contribution in [3.8, 4) is 0 Å². The van der Waals surface area contributed by atoms with Crippen molar-refractivity contribution in [1.29, 1.82) is 0 Å². The molecule has 4 rings (SSSR count). The molecule has 0 aromatic rings. The lowest BCUT2D eigenvalue weighted by Crippen LogP contribution is -2.48. The van der Waals surface area contributed by atoms with E-state index in [2.05, 4.69) is 0 Å². The number of Topliss-reactive ketones (excluding diaryl/α,β-unsaturated/α-hetero) is 1. The maximum absolute atomic E-state index is 11.7. The number of nitrogens with one attached hydrogen (secondary N) is 1. The molecular formula is C13H19NO3. The molecule has 0 radical (unpaired) electrons. The molecule has 4 fully saturated rings. The Hall–Kier alpha value is -0.900. The van der Waals surface area contributed by atoms with Gasteiger partial charge in [0.1, 0.15) is 0 Å². The number of carbonyl (C=O) groups is 2. The van der Waals surface area contributed by atoms with E-state index >= 15 is 0 Å². The molecule has 1 amide bonds. The second kappa shape index (κ2) is 3.80. The van der Waals surface area contributed by atoms with Crippen molar-refractivity contribution >= 4 is 11.7 Å². The van der Waals surface area contributed by atoms with Gasteiger partial charge in [0.05, 0.1) is 0 Å². The molecule has 0 saturated heterocycles. The molecule has 4 aliphatic rings. The van der Waals surface area contributed by atoms with Crippen LogP contribution in [0, 0.1) is 23.2 Å². The van der Waals surface area contributed by atoms with Crippen LogP contribution in [0.3, 0.4) is 0 Å². The first-order valence-corrected chi connectivity index (χ1v) is 6.57. The Kier molecular flexibility index (Phi) is 2.51. The maximum atomic E-state index is 11.7. The summed E-state index contributed by atoms with van der Waals surface area (Å²) < 4.78 is 0. The number of amides is 1. The van der Waals surface area contributed by atoms with Crippen LogP contribution in [0.4, 0.5) is 0 Å². The van der Waals surface area contributed by atoms with Crippen LogP contribution in [0.2, 0.25) is 0 Å². The van der Waals surface area contributed by atoms with E-state index in [1.807, 2.05) is 0 Å². The third-order valence-electron chi connectivity index (χ3n) is 5.06. The first-order valence-electron chi connectivity index (χ1n) is 6.57. The van der Waals surface area contributed by atoms with Gasteiger partial charge in [0.25, 0.3) is 0 Å². The minimum atomic E-state index is -0.847. The maximum Gasteiger partial charge on any atom is 0.310 e. The van der Waals surface area contributed by atoms with Gasteiger partial charge >= 0.3 is 5.91 Å². The number of hydrogen-bond acceptors (Lipinski definition) is 3. The summed E-state index contributed by atoms with van der Waals surface area (Å²) in [5.41, 5.74) is 1.54. The van der Waals surface area contributed by atoms with Crippen LogP contribution in [0.15, 0.2) is 0 Å². The molecule has 0 aromatic heterocycles. The van der Waals surface area contributed by atoms with Crippen molar-refractivity contribution in [2.45, 2.75) is 44.9 Å². The zero-order valence-electron chi connectivity index (χ0n) is 9.95. The molecule has 17 heavy (non-hydrogen) atoms. The minimum absolute atomic E-state index is 0.0817. The van der Waals surface area contributed by atoms with Gasteiger partial charge in [0, 0.05) is 6.42 Å². The van der Waals surface area contributed by atoms with Gasteiger partial charge in [-0.2, -0.15) is 0 Å². The number of hydroxylamine groups is 1. The number of carbonyl (C=O) groups excluding carboxylic acids is 2. The fraction of sp³-hybridized carbons (Fsp3) is 0.846. The minimum Gasteiger partial charge on any atom is -0.289 e. The highest BCUT2D eigenvalue weighted by Gasteiger charge is 2.51. The molecule has 0 aliphatic heterocycles. The topological polar surface area (TPSA) is 66.4 Å². The molecule has 4 heteroatoms. The highest BCUT2D eigenvalue weighted by Crippen LogP contribution is 2.61. The highest BCUT2D eigenvalue weighted by atomic mass is 16.5. The van der Waals surface area contributed by atoms with Crippen molar-refractivity contribution in [3.05, 3.63) is 0 Å². The standard InChI is InChI=1S/C13H19NO3/c15-11(12(16)14-17)7-13-4-8-1-9(5-13)3-10(2-8)6-13/h8-10,17H,1-7H2,(H,14,16). The molecule has 0 spiro atoms. The molecule has 4 aliphatic carbocycles. The number of hydrogen-bond donors (Lipinski definition) is 2. The van der Waals surface area contributed by atoms with Crippen molar-refractivity contribution in [1.82, 2.24) is 5.48 Å². The van der Waals surface area contributed by atoms with Crippen molar-refractivity contribution in [2.75, 3.05) is 0 Å². The Bertz CT molecular complexity index is 328. The Balaban J connectivity index is 1.74. The molecule has 4 bridgehead atoms. The smallest absolute Gasteiger partial charge is 0.289 e. The molecule has 4 nitrogen and oxygen atoms in total. The van der Waals surface area contributed by atoms with Gasteiger partial charge in [-0.25, -0.2) is 5.48 Å². The molecule has 0 atom stereocenters. The molecule has 94 valence electrons. The molecule has 0 aromatic carbocycles. The third kappa shape index (κ3) is 1.88. The van der Waals surface area contributed by atoms with Gasteiger partial charge in [0.2, 0.25) is 5.78 Å². The van der Waals surface area contributed by atoms with Crippen LogP contribution >= 0.6 is 0 Å². The summed E-state index contributed by atoms with van der Waals surface area (Å²) in [6.45, 7) is 0. The Labute approximate surface area is 101 Å². The van der Waals surface area contributed by atoms with Crippen LogP contribution in [0.25, 0.3) is 0 Å². The SMILES string of the molecule is O=C(CC12CC3CC(CC(C3)C1)C2)C(=O)NO. The van der Waals surface area contributed by atoms with E-state index in [1.54, 1.807) is 0 Å². The van der Waals surface area contributed by atoms with Crippen molar-refractivity contribution < 1.29 is 14.8 Å². The summed E-state index contributed by atoms with van der Waals surface area (Å²) in [6.07, 6.45) is 7.68. The van der Waals surface area contributed by atoms with Gasteiger partial charge < -0.3 is 0 Å². The van der Waals surface area contributed by atoms with Crippen molar-refractivity contribution in [3.63, 3.8) is 0 Å². The van der Waals surface area contributed by atoms with E-state index in [0.717, 1.165) is 37.0 Å². The van der Waals surface area contributed by atoms with E-state index in [0.29, 0.717) is 6.42 Å². The number of rotatable bonds is 3. The largest absolute Gasteiger partial charge is 0.310 e. The summed E-state index contributed by atoms with van der Waals surface area (Å²) in [6, 6.07) is 0. The van der Waals surface area contributed by atoms with Gasteiger partial charge in [-0.3, -0.25) is 14.8 Å². The van der Waals surface area contributed by atoms with Crippen LogP contribution in [0.1, 0.15) is 44.9 Å². The highest BCUT2D eigenvalue weighted by molar-refractivity contribution is 6.35. The Morgan fingerprint density at radius 1 is 1.06 bits per heavy atom. The molecular weight excluding hydrogens is 218 g/mol. The second-order valence-corrected chi connectivity index (χ2v) is 6.46. The summed E-state index contributed by atoms with van der Waals surface area (Å²) >= 11 is 0. The molecule has 0 heterocycles. The van der Waals surface area contributed by atoms with Gasteiger partial charge in [-0.1, -0.05) is 0 Å². The van der Waals surface area contributed by atoms with Gasteiger partial charge in [-0.15, -0.1) is 0 Å². The van der Waals surface area contributed by atoms with Crippen LogP contribution in [-0.2, 0) is 9.59 Å². The van der Waals surface area contributed by atoms with E-state index in [1.165, 1.54) is 24.7 Å². The summed E-state index contributed by atoms with van der Waals surface area (Å²) in [5.74, 6) is 1.05. The molecule has 0 unspecified atom stereocenters. The molecule has 4 saturated carbocycles. The van der Waals surface area contributed by atoms with Crippen molar-refractivity contribution in [2.24, 2.45) is 23.2 Å². The van der Waals surface area contributed by atoms with E-state index in [-0.39, 0.29) is 5.41 Å². The van der Waals surface area contributed by atoms with Crippen LogP contribution < -0.4 is 5.48 Å². The molecule has 2 N–H and O–H groups in total. The first-order chi connectivity index (χ1) is 8.10. The lowest BCUT2D eigenvalue weighted by atomic mass is 9.48. The Morgan fingerprint density at radius 2 is 1.53 bits per heavy atom. The quantitative estimate of drug-likeness (QED) is 0.446. The normalized spacial score (nSPS) is 42.5. The zero-order valence-corrected chi connectivity index (χ0v) is 9.95. The number of ketones is 1. The van der Waals surface area contributed by atoms with E-state index < -0.39 is 11.7 Å². The zero-order chi connectivity index (χ0) is 12.0. The second-order valence-electron chi connectivity index (χ2n) is 6.46. The monoisotopic (exact) mass is 237 g/mol.